The number of aromatic nitrogens is 2. The molecular weight excluding hydrogens is 308 g/mol. The van der Waals surface area contributed by atoms with E-state index in [9.17, 15) is 4.79 Å². The first kappa shape index (κ1) is 14.1. The van der Waals surface area contributed by atoms with Crippen LogP contribution in [-0.4, -0.2) is 16.4 Å². The molecule has 1 heterocycles. The van der Waals surface area contributed by atoms with Crippen LogP contribution in [0.25, 0.3) is 10.8 Å². The summed E-state index contributed by atoms with van der Waals surface area (Å²) in [6, 6.07) is 5.56. The van der Waals surface area contributed by atoms with E-state index in [2.05, 4.69) is 21.0 Å². The van der Waals surface area contributed by atoms with Crippen molar-refractivity contribution in [2.24, 2.45) is 0 Å². The van der Waals surface area contributed by atoms with Crippen LogP contribution < -0.4 is 10.3 Å². The Morgan fingerprint density at radius 2 is 2.05 bits per heavy atom. The molecule has 4 nitrogen and oxygen atoms in total. The van der Waals surface area contributed by atoms with Gasteiger partial charge >= 0.3 is 0 Å². The fraction of sp³-hybridized carbons (Fsp3) is 0.429. The Morgan fingerprint density at radius 3 is 2.74 bits per heavy atom. The lowest BCUT2D eigenvalue weighted by molar-refractivity contribution is 0.298. The third-order valence-electron chi connectivity index (χ3n) is 2.77. The Hall–Kier alpha value is -1.36. The quantitative estimate of drug-likeness (QED) is 0.847. The summed E-state index contributed by atoms with van der Waals surface area (Å²) >= 11 is 3.42. The highest BCUT2D eigenvalue weighted by Crippen LogP contribution is 2.24. The molecule has 0 atom stereocenters. The number of nitrogens with zero attached hydrogens (tertiary/aromatic N) is 2. The molecule has 0 aliphatic heterocycles. The number of benzene rings is 1. The summed E-state index contributed by atoms with van der Waals surface area (Å²) in [5.41, 5.74) is -0.0619. The minimum Gasteiger partial charge on any atom is -0.476 e. The van der Waals surface area contributed by atoms with Crippen molar-refractivity contribution in [2.75, 3.05) is 6.61 Å². The van der Waals surface area contributed by atoms with Crippen LogP contribution in [0.1, 0.15) is 26.7 Å². The zero-order valence-corrected chi connectivity index (χ0v) is 12.7. The molecule has 102 valence electrons. The summed E-state index contributed by atoms with van der Waals surface area (Å²) in [5, 5.41) is 5.74. The standard InChI is InChI=1S/C14H17BrN2O2/c1-3-7-17-14(18)11-6-5-10(15)9-12(11)13(16-17)19-8-4-2/h5-6,9H,3-4,7-8H2,1-2H3. The summed E-state index contributed by atoms with van der Waals surface area (Å²) < 4.78 is 8.07. The second-order valence-corrected chi connectivity index (χ2v) is 5.29. The van der Waals surface area contributed by atoms with Gasteiger partial charge in [0.1, 0.15) is 0 Å². The van der Waals surface area contributed by atoms with E-state index in [0.717, 1.165) is 22.7 Å². The number of aryl methyl sites for hydroxylation is 1. The molecule has 0 fully saturated rings. The van der Waals surface area contributed by atoms with Crippen molar-refractivity contribution in [1.29, 1.82) is 0 Å². The second-order valence-electron chi connectivity index (χ2n) is 4.37. The SMILES string of the molecule is CCCOc1nn(CCC)c(=O)c2ccc(Br)cc12. The molecule has 0 unspecified atom stereocenters. The minimum absolute atomic E-state index is 0.0619. The maximum Gasteiger partial charge on any atom is 0.274 e. The molecule has 1 aromatic carbocycles. The summed E-state index contributed by atoms with van der Waals surface area (Å²) in [7, 11) is 0. The molecule has 0 aliphatic rings. The van der Waals surface area contributed by atoms with Crippen LogP contribution in [-0.2, 0) is 6.54 Å². The lowest BCUT2D eigenvalue weighted by Gasteiger charge is -2.11. The minimum atomic E-state index is -0.0619. The first-order valence-electron chi connectivity index (χ1n) is 6.50. The Morgan fingerprint density at radius 1 is 1.26 bits per heavy atom. The van der Waals surface area contributed by atoms with Crippen molar-refractivity contribution < 1.29 is 4.74 Å². The molecule has 2 aromatic rings. The third-order valence-corrected chi connectivity index (χ3v) is 3.26. The van der Waals surface area contributed by atoms with E-state index >= 15 is 0 Å². The number of ether oxygens (including phenoxy) is 1. The normalized spacial score (nSPS) is 10.9. The van der Waals surface area contributed by atoms with Crippen LogP contribution in [0.15, 0.2) is 27.5 Å². The predicted molar refractivity (Wildman–Crippen MR) is 79.8 cm³/mol. The van der Waals surface area contributed by atoms with Crippen LogP contribution in [0.3, 0.4) is 0 Å². The van der Waals surface area contributed by atoms with Gasteiger partial charge in [0.15, 0.2) is 0 Å². The van der Waals surface area contributed by atoms with Gasteiger partial charge in [-0.1, -0.05) is 29.8 Å². The van der Waals surface area contributed by atoms with Gasteiger partial charge in [0, 0.05) is 11.0 Å². The van der Waals surface area contributed by atoms with Crippen LogP contribution in [0.2, 0.25) is 0 Å². The van der Waals surface area contributed by atoms with E-state index in [0.29, 0.717) is 24.4 Å². The summed E-state index contributed by atoms with van der Waals surface area (Å²) in [6.07, 6.45) is 1.77. The predicted octanol–water partition coefficient (Wildman–Crippen LogP) is 3.36. The number of hydrogen-bond donors (Lipinski definition) is 0. The molecule has 0 amide bonds. The molecule has 5 heteroatoms. The Balaban J connectivity index is 2.65. The van der Waals surface area contributed by atoms with E-state index in [-0.39, 0.29) is 5.56 Å². The van der Waals surface area contributed by atoms with Gasteiger partial charge in [-0.3, -0.25) is 4.79 Å². The molecule has 19 heavy (non-hydrogen) atoms. The highest BCUT2D eigenvalue weighted by molar-refractivity contribution is 9.10. The molecule has 1 aromatic heterocycles. The second kappa shape index (κ2) is 6.19. The van der Waals surface area contributed by atoms with Crippen LogP contribution in [0.4, 0.5) is 0 Å². The first-order chi connectivity index (χ1) is 9.17. The molecule has 0 aliphatic carbocycles. The fourth-order valence-electron chi connectivity index (χ4n) is 1.90. The number of hydrogen-bond acceptors (Lipinski definition) is 3. The smallest absolute Gasteiger partial charge is 0.274 e. The summed E-state index contributed by atoms with van der Waals surface area (Å²) in [4.78, 5) is 12.3. The van der Waals surface area contributed by atoms with E-state index in [1.165, 1.54) is 4.68 Å². The van der Waals surface area contributed by atoms with Gasteiger partial charge in [-0.05, 0) is 31.0 Å². The van der Waals surface area contributed by atoms with Crippen molar-refractivity contribution in [3.8, 4) is 5.88 Å². The Kier molecular flexibility index (Phi) is 4.58. The number of fused-ring (bicyclic) bond motifs is 1. The maximum atomic E-state index is 12.3. The number of halogens is 1. The van der Waals surface area contributed by atoms with Crippen molar-refractivity contribution >= 4 is 26.7 Å². The van der Waals surface area contributed by atoms with Crippen molar-refractivity contribution in [1.82, 2.24) is 9.78 Å². The topological polar surface area (TPSA) is 44.1 Å². The van der Waals surface area contributed by atoms with Gasteiger partial charge in [-0.15, -0.1) is 5.10 Å². The Bertz CT molecular complexity index is 637. The van der Waals surface area contributed by atoms with Crippen LogP contribution in [0, 0.1) is 0 Å². The maximum absolute atomic E-state index is 12.3. The molecule has 0 saturated carbocycles. The molecule has 2 rings (SSSR count). The van der Waals surface area contributed by atoms with Gasteiger partial charge in [0.2, 0.25) is 5.88 Å². The molecular formula is C14H17BrN2O2. The average molecular weight is 325 g/mol. The third kappa shape index (κ3) is 2.97. The van der Waals surface area contributed by atoms with E-state index in [1.54, 1.807) is 0 Å². The Labute approximate surface area is 120 Å². The zero-order valence-electron chi connectivity index (χ0n) is 11.1. The molecule has 0 N–H and O–H groups in total. The highest BCUT2D eigenvalue weighted by atomic mass is 79.9. The van der Waals surface area contributed by atoms with Crippen molar-refractivity contribution in [2.45, 2.75) is 33.2 Å². The molecule has 0 bridgehead atoms. The monoisotopic (exact) mass is 324 g/mol. The molecule has 0 radical (unpaired) electrons. The highest BCUT2D eigenvalue weighted by Gasteiger charge is 2.11. The molecule has 0 saturated heterocycles. The van der Waals surface area contributed by atoms with Gasteiger partial charge in [-0.2, -0.15) is 0 Å². The largest absolute Gasteiger partial charge is 0.476 e. The van der Waals surface area contributed by atoms with Crippen LogP contribution >= 0.6 is 15.9 Å². The lowest BCUT2D eigenvalue weighted by Crippen LogP contribution is -2.23. The lowest BCUT2D eigenvalue weighted by atomic mass is 10.2. The van der Waals surface area contributed by atoms with E-state index in [4.69, 9.17) is 4.74 Å². The van der Waals surface area contributed by atoms with Gasteiger partial charge in [0.05, 0.1) is 17.4 Å². The number of rotatable bonds is 5. The average Bonchev–Trinajstić information content (AvgIpc) is 2.40. The van der Waals surface area contributed by atoms with Gasteiger partial charge in [0.25, 0.3) is 5.56 Å². The molecule has 0 spiro atoms. The fourth-order valence-corrected chi connectivity index (χ4v) is 2.26. The van der Waals surface area contributed by atoms with Crippen LogP contribution in [0.5, 0.6) is 5.88 Å². The van der Waals surface area contributed by atoms with E-state index < -0.39 is 0 Å². The van der Waals surface area contributed by atoms with Crippen molar-refractivity contribution in [3.05, 3.63) is 33.0 Å². The zero-order chi connectivity index (χ0) is 13.8. The van der Waals surface area contributed by atoms with E-state index in [1.807, 2.05) is 32.0 Å². The van der Waals surface area contributed by atoms with Gasteiger partial charge < -0.3 is 4.74 Å². The first-order valence-corrected chi connectivity index (χ1v) is 7.29. The van der Waals surface area contributed by atoms with Crippen molar-refractivity contribution in [3.63, 3.8) is 0 Å². The summed E-state index contributed by atoms with van der Waals surface area (Å²) in [5.74, 6) is 0.534. The summed E-state index contributed by atoms with van der Waals surface area (Å²) in [6.45, 7) is 5.26. The van der Waals surface area contributed by atoms with Gasteiger partial charge in [-0.25, -0.2) is 4.68 Å².